The zero-order chi connectivity index (χ0) is 12.1. The molecule has 1 atom stereocenters. The molecule has 0 aliphatic heterocycles. The van der Waals surface area contributed by atoms with Gasteiger partial charge in [-0.25, -0.2) is 0 Å². The molecule has 4 nitrogen and oxygen atoms in total. The highest BCUT2D eigenvalue weighted by atomic mass is 16.5. The Labute approximate surface area is 93.2 Å². The van der Waals surface area contributed by atoms with Gasteiger partial charge in [0.25, 0.3) is 0 Å². The third kappa shape index (κ3) is 4.77. The second-order valence-corrected chi connectivity index (χ2v) is 4.63. The van der Waals surface area contributed by atoms with Crippen molar-refractivity contribution in [3.63, 3.8) is 0 Å². The van der Waals surface area contributed by atoms with Gasteiger partial charge in [0.1, 0.15) is 0 Å². The molecular formula is C10H22BN2O2. The highest BCUT2D eigenvalue weighted by Gasteiger charge is 2.36. The number of rotatable bonds is 6. The second-order valence-electron chi connectivity index (χ2n) is 4.63. The van der Waals surface area contributed by atoms with Gasteiger partial charge in [0.05, 0.1) is 11.2 Å². The van der Waals surface area contributed by atoms with Crippen molar-refractivity contribution < 1.29 is 9.76 Å². The van der Waals surface area contributed by atoms with Crippen molar-refractivity contribution in [2.45, 2.75) is 44.7 Å². The molecule has 1 unspecified atom stereocenters. The van der Waals surface area contributed by atoms with Crippen LogP contribution in [0.4, 0.5) is 0 Å². The summed E-state index contributed by atoms with van der Waals surface area (Å²) in [6, 6.07) is 0. The van der Waals surface area contributed by atoms with Gasteiger partial charge in [0.15, 0.2) is 0 Å². The number of aliphatic imine (C=N–C) groups is 1. The van der Waals surface area contributed by atoms with Crippen LogP contribution in [0, 0.1) is 0 Å². The van der Waals surface area contributed by atoms with Gasteiger partial charge in [-0.3, -0.25) is 0 Å². The fourth-order valence-corrected chi connectivity index (χ4v) is 0.745. The summed E-state index contributed by atoms with van der Waals surface area (Å²) < 4.78 is 5.55. The first-order chi connectivity index (χ1) is 6.74. The first kappa shape index (κ1) is 14.6. The van der Waals surface area contributed by atoms with E-state index >= 15 is 0 Å². The minimum Gasteiger partial charge on any atom is -0.432 e. The molecule has 0 aliphatic carbocycles. The molecule has 3 N–H and O–H groups in total. The van der Waals surface area contributed by atoms with Gasteiger partial charge in [-0.2, -0.15) is 0 Å². The quantitative estimate of drug-likeness (QED) is 0.502. The smallest absolute Gasteiger partial charge is 0.303 e. The zero-order valence-corrected chi connectivity index (χ0v) is 10.3. The lowest BCUT2D eigenvalue weighted by Crippen LogP contribution is -2.48. The van der Waals surface area contributed by atoms with Crippen molar-refractivity contribution >= 4 is 13.7 Å². The summed E-state index contributed by atoms with van der Waals surface area (Å²) in [5, 5.41) is 9.85. The fourth-order valence-electron chi connectivity index (χ4n) is 0.745. The topological polar surface area (TPSA) is 67.8 Å². The summed E-state index contributed by atoms with van der Waals surface area (Å²) in [6.45, 7) is 7.54. The second kappa shape index (κ2) is 5.63. The van der Waals surface area contributed by atoms with Crippen molar-refractivity contribution in [1.82, 2.24) is 0 Å². The maximum atomic E-state index is 9.85. The first-order valence-corrected chi connectivity index (χ1v) is 5.10. The van der Waals surface area contributed by atoms with E-state index in [1.54, 1.807) is 34.6 Å². The van der Waals surface area contributed by atoms with E-state index in [4.69, 9.17) is 10.4 Å². The van der Waals surface area contributed by atoms with E-state index in [9.17, 15) is 5.11 Å². The van der Waals surface area contributed by atoms with Crippen LogP contribution in [0.15, 0.2) is 4.99 Å². The molecule has 5 heteroatoms. The Bertz CT molecular complexity index is 212. The summed E-state index contributed by atoms with van der Waals surface area (Å²) in [5.74, 6) is -0.0170. The maximum Gasteiger partial charge on any atom is 0.303 e. The SMILES string of the molecule is CN=CC([B]OC(C)(C)C(C)(C)O)CN. The molecule has 0 aromatic rings. The molecule has 0 rings (SSSR count). The molecule has 0 aromatic carbocycles. The van der Waals surface area contributed by atoms with Gasteiger partial charge in [-0.05, 0) is 40.5 Å². The monoisotopic (exact) mass is 213 g/mol. The Morgan fingerprint density at radius 2 is 2.00 bits per heavy atom. The van der Waals surface area contributed by atoms with Crippen molar-refractivity contribution in [3.05, 3.63) is 0 Å². The van der Waals surface area contributed by atoms with Crippen LogP contribution >= 0.6 is 0 Å². The molecule has 0 heterocycles. The summed E-state index contributed by atoms with van der Waals surface area (Å²) >= 11 is 0. The minimum atomic E-state index is -0.911. The lowest BCUT2D eigenvalue weighted by molar-refractivity contribution is -0.0906. The molecule has 0 fully saturated rings. The lowest BCUT2D eigenvalue weighted by atomic mass is 9.78. The fraction of sp³-hybridized carbons (Fsp3) is 0.900. The summed E-state index contributed by atoms with van der Waals surface area (Å²) in [6.07, 6.45) is 1.72. The van der Waals surface area contributed by atoms with Crippen LogP contribution < -0.4 is 5.73 Å². The molecule has 0 spiro atoms. The molecule has 0 saturated carbocycles. The van der Waals surface area contributed by atoms with E-state index in [1.165, 1.54) is 0 Å². The Balaban J connectivity index is 4.24. The van der Waals surface area contributed by atoms with Crippen molar-refractivity contribution in [3.8, 4) is 0 Å². The predicted molar refractivity (Wildman–Crippen MR) is 64.4 cm³/mol. The van der Waals surface area contributed by atoms with Crippen molar-refractivity contribution in [1.29, 1.82) is 0 Å². The molecule has 87 valence electrons. The average molecular weight is 213 g/mol. The Morgan fingerprint density at radius 3 is 2.33 bits per heavy atom. The predicted octanol–water partition coefficient (Wildman–Crippen LogP) is 0.619. The molecule has 0 bridgehead atoms. The number of nitrogens with zero attached hydrogens (tertiary/aromatic N) is 1. The molecule has 0 amide bonds. The minimum absolute atomic E-state index is 0.0170. The highest BCUT2D eigenvalue weighted by molar-refractivity contribution is 6.35. The van der Waals surface area contributed by atoms with E-state index in [2.05, 4.69) is 4.99 Å². The van der Waals surface area contributed by atoms with E-state index in [0.29, 0.717) is 6.54 Å². The Hall–Kier alpha value is -0.385. The lowest BCUT2D eigenvalue weighted by Gasteiger charge is -2.38. The van der Waals surface area contributed by atoms with Gasteiger partial charge in [0, 0.05) is 12.9 Å². The molecule has 15 heavy (non-hydrogen) atoms. The van der Waals surface area contributed by atoms with E-state index in [1.807, 2.05) is 13.8 Å². The van der Waals surface area contributed by atoms with Crippen LogP contribution in [0.5, 0.6) is 0 Å². The largest absolute Gasteiger partial charge is 0.432 e. The van der Waals surface area contributed by atoms with Crippen LogP contribution in [0.2, 0.25) is 5.82 Å². The normalized spacial score (nSPS) is 15.7. The van der Waals surface area contributed by atoms with E-state index < -0.39 is 11.2 Å². The summed E-state index contributed by atoms with van der Waals surface area (Å²) in [7, 11) is 3.32. The van der Waals surface area contributed by atoms with Crippen LogP contribution in [0.1, 0.15) is 27.7 Å². The number of hydrogen-bond acceptors (Lipinski definition) is 4. The van der Waals surface area contributed by atoms with Crippen LogP contribution in [-0.2, 0) is 4.65 Å². The van der Waals surface area contributed by atoms with Crippen LogP contribution in [0.3, 0.4) is 0 Å². The summed E-state index contributed by atoms with van der Waals surface area (Å²) in [5.41, 5.74) is 3.97. The standard InChI is InChI=1S/C10H22BN2O2/c1-9(2,14)10(3,4)15-11-8(6-12)7-13-5/h7-8,14H,6,12H2,1-5H3. The molecule has 0 saturated heterocycles. The maximum absolute atomic E-state index is 9.85. The number of hydrogen-bond donors (Lipinski definition) is 2. The Kier molecular flexibility index (Phi) is 5.49. The first-order valence-electron chi connectivity index (χ1n) is 5.10. The van der Waals surface area contributed by atoms with Crippen molar-refractivity contribution in [2.24, 2.45) is 10.7 Å². The number of aliphatic hydroxyl groups is 1. The third-order valence-electron chi connectivity index (χ3n) is 2.62. The Morgan fingerprint density at radius 1 is 1.47 bits per heavy atom. The summed E-state index contributed by atoms with van der Waals surface area (Å²) in [4.78, 5) is 3.89. The molecule has 1 radical (unpaired) electrons. The molecular weight excluding hydrogens is 191 g/mol. The molecule has 0 aromatic heterocycles. The van der Waals surface area contributed by atoms with Gasteiger partial charge in [-0.15, -0.1) is 0 Å². The molecule has 0 aliphatic rings. The number of nitrogens with two attached hydrogens (primary N) is 1. The zero-order valence-electron chi connectivity index (χ0n) is 10.3. The van der Waals surface area contributed by atoms with Crippen molar-refractivity contribution in [2.75, 3.05) is 13.6 Å². The highest BCUT2D eigenvalue weighted by Crippen LogP contribution is 2.25. The van der Waals surface area contributed by atoms with Gasteiger partial charge < -0.3 is 20.5 Å². The average Bonchev–Trinajstić information content (AvgIpc) is 2.10. The van der Waals surface area contributed by atoms with Crippen LogP contribution in [-0.4, -0.2) is 43.6 Å². The van der Waals surface area contributed by atoms with Crippen LogP contribution in [0.25, 0.3) is 0 Å². The van der Waals surface area contributed by atoms with E-state index in [-0.39, 0.29) is 5.82 Å². The van der Waals surface area contributed by atoms with Gasteiger partial charge in [-0.1, -0.05) is 0 Å². The third-order valence-corrected chi connectivity index (χ3v) is 2.62. The van der Waals surface area contributed by atoms with E-state index in [0.717, 1.165) is 0 Å². The van der Waals surface area contributed by atoms with Gasteiger partial charge in [0.2, 0.25) is 0 Å². The van der Waals surface area contributed by atoms with Gasteiger partial charge >= 0.3 is 7.48 Å².